The molecule has 0 amide bonds. The van der Waals surface area contributed by atoms with Crippen LogP contribution in [0.1, 0.15) is 32.2 Å². The van der Waals surface area contributed by atoms with E-state index in [4.69, 9.17) is 0 Å². The topological polar surface area (TPSA) is 34.9 Å². The molecule has 0 bridgehead atoms. The summed E-state index contributed by atoms with van der Waals surface area (Å²) in [7, 11) is 0. The summed E-state index contributed by atoms with van der Waals surface area (Å²) in [6.07, 6.45) is 0.867. The van der Waals surface area contributed by atoms with Gasteiger partial charge in [-0.05, 0) is 13.0 Å². The summed E-state index contributed by atoms with van der Waals surface area (Å²) >= 11 is 0. The fourth-order valence-corrected chi connectivity index (χ4v) is 1.13. The second kappa shape index (κ2) is 3.32. The van der Waals surface area contributed by atoms with Crippen molar-refractivity contribution in [3.05, 3.63) is 17.5 Å². The molecule has 0 aliphatic rings. The van der Waals surface area contributed by atoms with Gasteiger partial charge in [0.15, 0.2) is 0 Å². The van der Waals surface area contributed by atoms with E-state index >= 15 is 0 Å². The van der Waals surface area contributed by atoms with Gasteiger partial charge >= 0.3 is 0 Å². The van der Waals surface area contributed by atoms with Crippen molar-refractivity contribution in [1.29, 1.82) is 0 Å². The van der Waals surface area contributed by atoms with Gasteiger partial charge in [0.2, 0.25) is 0 Å². The van der Waals surface area contributed by atoms with Gasteiger partial charge in [0, 0.05) is 11.1 Å². The van der Waals surface area contributed by atoms with Crippen LogP contribution in [0.4, 0.5) is 0 Å². The Balaban J connectivity index is 3.01. The lowest BCUT2D eigenvalue weighted by Gasteiger charge is -2.13. The Labute approximate surface area is 78.8 Å². The summed E-state index contributed by atoms with van der Waals surface area (Å²) < 4.78 is 1.73. The number of aromatic nitrogens is 2. The van der Waals surface area contributed by atoms with Gasteiger partial charge in [0.1, 0.15) is 6.29 Å². The number of aldehydes is 1. The molecule has 1 aromatic rings. The smallest absolute Gasteiger partial charge is 0.141 e. The van der Waals surface area contributed by atoms with Crippen molar-refractivity contribution in [2.24, 2.45) is 0 Å². The molecule has 1 rings (SSSR count). The van der Waals surface area contributed by atoms with Crippen molar-refractivity contribution in [2.45, 2.75) is 39.7 Å². The van der Waals surface area contributed by atoms with E-state index in [1.807, 2.05) is 13.0 Å². The summed E-state index contributed by atoms with van der Waals surface area (Å²) in [5, 5.41) is 4.36. The van der Waals surface area contributed by atoms with Gasteiger partial charge in [0.05, 0.1) is 12.2 Å². The van der Waals surface area contributed by atoms with Gasteiger partial charge in [-0.1, -0.05) is 20.8 Å². The monoisotopic (exact) mass is 180 g/mol. The number of nitrogens with zero attached hydrogens (tertiary/aromatic N) is 2. The molecule has 13 heavy (non-hydrogen) atoms. The molecule has 1 aromatic heterocycles. The summed E-state index contributed by atoms with van der Waals surface area (Å²) in [4.78, 5) is 10.3. The second-order valence-electron chi connectivity index (χ2n) is 4.27. The third-order valence-corrected chi connectivity index (χ3v) is 2.00. The number of aryl methyl sites for hydroxylation is 1. The highest BCUT2D eigenvalue weighted by molar-refractivity contribution is 5.49. The first-order valence-electron chi connectivity index (χ1n) is 4.43. The molecule has 0 aromatic carbocycles. The van der Waals surface area contributed by atoms with Crippen LogP contribution in [-0.2, 0) is 16.8 Å². The fourth-order valence-electron chi connectivity index (χ4n) is 1.13. The maximum absolute atomic E-state index is 10.3. The number of carbonyl (C=O) groups is 1. The SMILES string of the molecule is Cc1cc(C(C)(C)C)nn1CC=O. The first kappa shape index (κ1) is 9.96. The van der Waals surface area contributed by atoms with Crippen LogP contribution in [0.2, 0.25) is 0 Å². The Bertz CT molecular complexity index is 307. The molecule has 0 aliphatic heterocycles. The Hall–Kier alpha value is -1.12. The lowest BCUT2D eigenvalue weighted by molar-refractivity contribution is -0.108. The number of rotatable bonds is 2. The molecule has 3 nitrogen and oxygen atoms in total. The average Bonchev–Trinajstić information content (AvgIpc) is 2.32. The molecule has 0 saturated heterocycles. The molecular formula is C10H16N2O. The number of hydrogen-bond donors (Lipinski definition) is 0. The normalized spacial score (nSPS) is 11.7. The highest BCUT2D eigenvalue weighted by Gasteiger charge is 2.18. The predicted octanol–water partition coefficient (Wildman–Crippen LogP) is 1.69. The van der Waals surface area contributed by atoms with Gasteiger partial charge < -0.3 is 4.79 Å². The molecule has 0 N–H and O–H groups in total. The van der Waals surface area contributed by atoms with Crippen LogP contribution in [0.3, 0.4) is 0 Å². The number of hydrogen-bond acceptors (Lipinski definition) is 2. The van der Waals surface area contributed by atoms with Crippen molar-refractivity contribution < 1.29 is 4.79 Å². The molecule has 0 fully saturated rings. The summed E-state index contributed by atoms with van der Waals surface area (Å²) in [6.45, 7) is 8.65. The van der Waals surface area contributed by atoms with E-state index in [1.54, 1.807) is 4.68 Å². The highest BCUT2D eigenvalue weighted by Crippen LogP contribution is 2.21. The summed E-state index contributed by atoms with van der Waals surface area (Å²) in [6, 6.07) is 2.03. The molecule has 0 radical (unpaired) electrons. The molecule has 0 saturated carbocycles. The van der Waals surface area contributed by atoms with E-state index in [-0.39, 0.29) is 5.41 Å². The van der Waals surface area contributed by atoms with Crippen molar-refractivity contribution in [2.75, 3.05) is 0 Å². The second-order valence-corrected chi connectivity index (χ2v) is 4.27. The molecular weight excluding hydrogens is 164 g/mol. The van der Waals surface area contributed by atoms with E-state index in [1.165, 1.54) is 0 Å². The Kier molecular flexibility index (Phi) is 2.55. The van der Waals surface area contributed by atoms with E-state index in [9.17, 15) is 4.79 Å². The zero-order valence-electron chi connectivity index (χ0n) is 8.66. The molecule has 3 heteroatoms. The average molecular weight is 180 g/mol. The zero-order valence-corrected chi connectivity index (χ0v) is 8.66. The zero-order chi connectivity index (χ0) is 10.1. The van der Waals surface area contributed by atoms with Crippen molar-refractivity contribution in [3.63, 3.8) is 0 Å². The van der Waals surface area contributed by atoms with Crippen LogP contribution in [0.15, 0.2) is 6.07 Å². The molecule has 0 atom stereocenters. The minimum atomic E-state index is 0.0545. The van der Waals surface area contributed by atoms with E-state index < -0.39 is 0 Å². The van der Waals surface area contributed by atoms with Gasteiger partial charge in [-0.3, -0.25) is 4.68 Å². The molecule has 0 aliphatic carbocycles. The van der Waals surface area contributed by atoms with E-state index in [0.717, 1.165) is 17.7 Å². The van der Waals surface area contributed by atoms with Crippen LogP contribution < -0.4 is 0 Å². The fraction of sp³-hybridized carbons (Fsp3) is 0.600. The minimum Gasteiger partial charge on any atom is -0.301 e. The van der Waals surface area contributed by atoms with Crippen LogP contribution in [0.25, 0.3) is 0 Å². The lowest BCUT2D eigenvalue weighted by atomic mass is 9.92. The third-order valence-electron chi connectivity index (χ3n) is 2.00. The molecule has 72 valence electrons. The molecule has 1 heterocycles. The standard InChI is InChI=1S/C10H16N2O/c1-8-7-9(10(2,3)4)11-12(8)5-6-13/h6-7H,5H2,1-4H3. The molecule has 0 spiro atoms. The van der Waals surface area contributed by atoms with E-state index in [2.05, 4.69) is 25.9 Å². The Morgan fingerprint density at radius 3 is 2.54 bits per heavy atom. The summed E-state index contributed by atoms with van der Waals surface area (Å²) in [5.74, 6) is 0. The number of carbonyl (C=O) groups excluding carboxylic acids is 1. The minimum absolute atomic E-state index is 0.0545. The first-order valence-corrected chi connectivity index (χ1v) is 4.43. The van der Waals surface area contributed by atoms with Crippen molar-refractivity contribution in [3.8, 4) is 0 Å². The maximum Gasteiger partial charge on any atom is 0.141 e. The lowest BCUT2D eigenvalue weighted by Crippen LogP contribution is -2.13. The predicted molar refractivity (Wildman–Crippen MR) is 51.7 cm³/mol. The Morgan fingerprint density at radius 1 is 1.54 bits per heavy atom. The van der Waals surface area contributed by atoms with Gasteiger partial charge in [-0.15, -0.1) is 0 Å². The van der Waals surface area contributed by atoms with Gasteiger partial charge in [-0.25, -0.2) is 0 Å². The van der Waals surface area contributed by atoms with Crippen LogP contribution in [0, 0.1) is 6.92 Å². The first-order chi connectivity index (χ1) is 5.95. The van der Waals surface area contributed by atoms with Crippen LogP contribution >= 0.6 is 0 Å². The van der Waals surface area contributed by atoms with Crippen LogP contribution in [0.5, 0.6) is 0 Å². The summed E-state index contributed by atoms with van der Waals surface area (Å²) in [5.41, 5.74) is 2.13. The van der Waals surface area contributed by atoms with Crippen molar-refractivity contribution in [1.82, 2.24) is 9.78 Å². The third kappa shape index (κ3) is 2.17. The van der Waals surface area contributed by atoms with Gasteiger partial charge in [-0.2, -0.15) is 5.10 Å². The highest BCUT2D eigenvalue weighted by atomic mass is 16.1. The van der Waals surface area contributed by atoms with Gasteiger partial charge in [0.25, 0.3) is 0 Å². The van der Waals surface area contributed by atoms with Crippen molar-refractivity contribution >= 4 is 6.29 Å². The largest absolute Gasteiger partial charge is 0.301 e. The van der Waals surface area contributed by atoms with Crippen LogP contribution in [-0.4, -0.2) is 16.1 Å². The molecule has 0 unspecified atom stereocenters. The Morgan fingerprint density at radius 2 is 2.15 bits per heavy atom. The maximum atomic E-state index is 10.3. The van der Waals surface area contributed by atoms with E-state index in [0.29, 0.717) is 6.54 Å². The quantitative estimate of drug-likeness (QED) is 0.649.